The number of hydrogen-bond acceptors (Lipinski definition) is 3. The molecule has 0 unspecified atom stereocenters. The van der Waals surface area contributed by atoms with Gasteiger partial charge in [-0.3, -0.25) is 4.79 Å². The summed E-state index contributed by atoms with van der Waals surface area (Å²) in [6.45, 7) is 5.58. The number of aryl methyl sites for hydroxylation is 1. The van der Waals surface area contributed by atoms with E-state index in [9.17, 15) is 13.2 Å². The van der Waals surface area contributed by atoms with E-state index in [2.05, 4.69) is 11.3 Å². The summed E-state index contributed by atoms with van der Waals surface area (Å²) in [7, 11) is -3.79. The number of rotatable bonds is 8. The summed E-state index contributed by atoms with van der Waals surface area (Å²) < 4.78 is 27.0. The maximum Gasteiger partial charge on any atom is 0.264 e. The van der Waals surface area contributed by atoms with Gasteiger partial charge >= 0.3 is 0 Å². The molecule has 0 atom stereocenters. The van der Waals surface area contributed by atoms with Crippen LogP contribution in [0.1, 0.15) is 50.5 Å². The van der Waals surface area contributed by atoms with Crippen LogP contribution in [0.3, 0.4) is 0 Å². The average molecular weight is 335 g/mol. The first-order valence-electron chi connectivity index (χ1n) is 8.14. The van der Waals surface area contributed by atoms with Crippen LogP contribution in [0.15, 0.2) is 41.8 Å². The average Bonchev–Trinajstić information content (AvgIpc) is 2.45. The number of unbranched alkanes of at least 4 members (excludes halogenated alkanes) is 2. The third kappa shape index (κ3) is 4.22. The molecule has 1 aromatic carbocycles. The van der Waals surface area contributed by atoms with Crippen molar-refractivity contribution in [1.82, 2.24) is 4.72 Å². The van der Waals surface area contributed by atoms with Crippen LogP contribution in [0, 0.1) is 12.3 Å². The van der Waals surface area contributed by atoms with Crippen molar-refractivity contribution >= 4 is 15.9 Å². The molecule has 1 fully saturated rings. The Morgan fingerprint density at radius 1 is 1.26 bits per heavy atom. The second-order valence-corrected chi connectivity index (χ2v) is 8.10. The van der Waals surface area contributed by atoms with Crippen molar-refractivity contribution in [3.05, 3.63) is 42.5 Å². The molecule has 4 nitrogen and oxygen atoms in total. The molecule has 0 spiro atoms. The highest BCUT2D eigenvalue weighted by Gasteiger charge is 2.44. The number of sulfonamides is 1. The van der Waals surface area contributed by atoms with Crippen LogP contribution in [0.2, 0.25) is 0 Å². The first-order valence-corrected chi connectivity index (χ1v) is 9.63. The number of benzene rings is 1. The maximum atomic E-state index is 12.6. The summed E-state index contributed by atoms with van der Waals surface area (Å²) in [5.74, 6) is -0.345. The van der Waals surface area contributed by atoms with E-state index in [-0.39, 0.29) is 10.8 Å². The number of allylic oxidation sites excluding steroid dienone is 1. The quantitative estimate of drug-likeness (QED) is 0.582. The fourth-order valence-corrected chi connectivity index (χ4v) is 4.03. The minimum atomic E-state index is -3.79. The second-order valence-electron chi connectivity index (χ2n) is 6.42. The van der Waals surface area contributed by atoms with Gasteiger partial charge < -0.3 is 0 Å². The molecule has 0 aromatic heterocycles. The van der Waals surface area contributed by atoms with Crippen LogP contribution in [-0.4, -0.2) is 14.3 Å². The second kappa shape index (κ2) is 7.30. The van der Waals surface area contributed by atoms with E-state index < -0.39 is 15.4 Å². The van der Waals surface area contributed by atoms with E-state index in [1.54, 1.807) is 12.1 Å². The molecule has 0 radical (unpaired) electrons. The normalized spacial score (nSPS) is 16.4. The lowest BCUT2D eigenvalue weighted by Gasteiger charge is -2.40. The molecule has 0 bridgehead atoms. The molecule has 0 saturated heterocycles. The first kappa shape index (κ1) is 17.7. The number of carbonyl (C=O) groups is 1. The fourth-order valence-electron chi connectivity index (χ4n) is 2.95. The minimum Gasteiger partial charge on any atom is -0.273 e. The van der Waals surface area contributed by atoms with Gasteiger partial charge in [-0.15, -0.1) is 6.58 Å². The van der Waals surface area contributed by atoms with Crippen molar-refractivity contribution in [2.75, 3.05) is 0 Å². The topological polar surface area (TPSA) is 63.2 Å². The van der Waals surface area contributed by atoms with Crippen molar-refractivity contribution < 1.29 is 13.2 Å². The largest absolute Gasteiger partial charge is 0.273 e. The highest BCUT2D eigenvalue weighted by Crippen LogP contribution is 2.45. The van der Waals surface area contributed by atoms with Gasteiger partial charge in [-0.05, 0) is 51.2 Å². The number of carbonyl (C=O) groups excluding carboxylic acids is 1. The molecule has 126 valence electrons. The third-order valence-electron chi connectivity index (χ3n) is 4.66. The Morgan fingerprint density at radius 2 is 1.91 bits per heavy atom. The maximum absolute atomic E-state index is 12.6. The van der Waals surface area contributed by atoms with E-state index in [0.717, 1.165) is 50.5 Å². The predicted molar refractivity (Wildman–Crippen MR) is 91.5 cm³/mol. The SMILES string of the molecule is C=CCCCCC1(C(=O)NS(=O)(=O)c2ccc(C)cc2)CCC1. The lowest BCUT2D eigenvalue weighted by molar-refractivity contribution is -0.134. The molecule has 1 amide bonds. The van der Waals surface area contributed by atoms with Crippen LogP contribution >= 0.6 is 0 Å². The van der Waals surface area contributed by atoms with Gasteiger partial charge in [0.25, 0.3) is 10.0 Å². The monoisotopic (exact) mass is 335 g/mol. The van der Waals surface area contributed by atoms with Gasteiger partial charge in [0.1, 0.15) is 0 Å². The molecule has 23 heavy (non-hydrogen) atoms. The van der Waals surface area contributed by atoms with Crippen LogP contribution < -0.4 is 4.72 Å². The zero-order valence-corrected chi connectivity index (χ0v) is 14.5. The Hall–Kier alpha value is -1.62. The summed E-state index contributed by atoms with van der Waals surface area (Å²) >= 11 is 0. The summed E-state index contributed by atoms with van der Waals surface area (Å²) in [5.41, 5.74) is 0.479. The van der Waals surface area contributed by atoms with Crippen molar-refractivity contribution in [2.24, 2.45) is 5.41 Å². The molecule has 0 aliphatic heterocycles. The van der Waals surface area contributed by atoms with E-state index in [4.69, 9.17) is 0 Å². The van der Waals surface area contributed by atoms with Crippen molar-refractivity contribution in [1.29, 1.82) is 0 Å². The molecule has 5 heteroatoms. The number of hydrogen-bond donors (Lipinski definition) is 1. The summed E-state index contributed by atoms with van der Waals surface area (Å²) in [6.07, 6.45) is 7.99. The minimum absolute atomic E-state index is 0.137. The zero-order valence-electron chi connectivity index (χ0n) is 13.7. The first-order chi connectivity index (χ1) is 10.9. The van der Waals surface area contributed by atoms with Crippen molar-refractivity contribution in [3.63, 3.8) is 0 Å². The Bertz CT molecular complexity index is 658. The Morgan fingerprint density at radius 3 is 2.43 bits per heavy atom. The molecular formula is C18H25NO3S. The van der Waals surface area contributed by atoms with Crippen LogP contribution in [0.25, 0.3) is 0 Å². The van der Waals surface area contributed by atoms with Crippen molar-refractivity contribution in [3.8, 4) is 0 Å². The molecule has 1 saturated carbocycles. The van der Waals surface area contributed by atoms with E-state index in [1.807, 2.05) is 13.0 Å². The smallest absolute Gasteiger partial charge is 0.264 e. The van der Waals surface area contributed by atoms with Crippen LogP contribution in [0.4, 0.5) is 0 Å². The van der Waals surface area contributed by atoms with Gasteiger partial charge in [0.05, 0.1) is 10.3 Å². The van der Waals surface area contributed by atoms with E-state index in [1.165, 1.54) is 12.1 Å². The van der Waals surface area contributed by atoms with Gasteiger partial charge in [0, 0.05) is 0 Å². The summed E-state index contributed by atoms with van der Waals surface area (Å²) in [4.78, 5) is 12.7. The van der Waals surface area contributed by atoms with Gasteiger partial charge in [-0.1, -0.05) is 36.6 Å². The van der Waals surface area contributed by atoms with Gasteiger partial charge in [0.15, 0.2) is 0 Å². The molecule has 1 aliphatic rings. The lowest BCUT2D eigenvalue weighted by Crippen LogP contribution is -2.47. The highest BCUT2D eigenvalue weighted by molar-refractivity contribution is 7.90. The fraction of sp³-hybridized carbons (Fsp3) is 0.500. The van der Waals surface area contributed by atoms with Crippen LogP contribution in [0.5, 0.6) is 0 Å². The van der Waals surface area contributed by atoms with Gasteiger partial charge in [0.2, 0.25) is 5.91 Å². The molecule has 1 N–H and O–H groups in total. The summed E-state index contributed by atoms with van der Waals surface area (Å²) in [6, 6.07) is 6.52. The zero-order chi connectivity index (χ0) is 16.9. The standard InChI is InChI=1S/C18H25NO3S/c1-3-4-5-6-12-18(13-7-14-18)17(20)19-23(21,22)16-10-8-15(2)9-11-16/h3,8-11H,1,4-7,12-14H2,2H3,(H,19,20). The Balaban J connectivity index is 2.03. The molecular weight excluding hydrogens is 310 g/mol. The molecule has 2 rings (SSSR count). The van der Waals surface area contributed by atoms with Gasteiger partial charge in [-0.2, -0.15) is 0 Å². The highest BCUT2D eigenvalue weighted by atomic mass is 32.2. The predicted octanol–water partition coefficient (Wildman–Crippen LogP) is 3.72. The molecule has 1 aliphatic carbocycles. The lowest BCUT2D eigenvalue weighted by atomic mass is 9.65. The number of nitrogens with one attached hydrogen (secondary N) is 1. The Labute approximate surface area is 139 Å². The van der Waals surface area contributed by atoms with E-state index in [0.29, 0.717) is 0 Å². The number of amides is 1. The van der Waals surface area contributed by atoms with E-state index >= 15 is 0 Å². The van der Waals surface area contributed by atoms with Crippen LogP contribution in [-0.2, 0) is 14.8 Å². The summed E-state index contributed by atoms with van der Waals surface area (Å²) in [5, 5.41) is 0. The van der Waals surface area contributed by atoms with Crippen molar-refractivity contribution in [2.45, 2.75) is 56.8 Å². The molecule has 1 aromatic rings. The van der Waals surface area contributed by atoms with Gasteiger partial charge in [-0.25, -0.2) is 13.1 Å². The third-order valence-corrected chi connectivity index (χ3v) is 6.01. The molecule has 0 heterocycles. The Kier molecular flexibility index (Phi) is 5.63.